The van der Waals surface area contributed by atoms with Gasteiger partial charge in [-0.2, -0.15) is 0 Å². The molecule has 1 rings (SSSR count). The number of anilines is 1. The van der Waals surface area contributed by atoms with Crippen LogP contribution in [0.1, 0.15) is 46.4 Å². The van der Waals surface area contributed by atoms with Gasteiger partial charge in [-0.3, -0.25) is 9.59 Å². The fourth-order valence-corrected chi connectivity index (χ4v) is 2.94. The number of hydrogen-bond donors (Lipinski definition) is 2. The van der Waals surface area contributed by atoms with Crippen molar-refractivity contribution in [2.24, 2.45) is 0 Å². The smallest absolute Gasteiger partial charge is 0.341 e. The molecule has 1 aromatic rings. The summed E-state index contributed by atoms with van der Waals surface area (Å²) in [5.74, 6) is -1.57. The summed E-state index contributed by atoms with van der Waals surface area (Å²) in [4.78, 5) is 36.1. The minimum Gasteiger partial charge on any atom is -0.462 e. The van der Waals surface area contributed by atoms with Crippen LogP contribution in [0.15, 0.2) is 0 Å². The first-order valence-corrected chi connectivity index (χ1v) is 8.14. The molecule has 2 N–H and O–H groups in total. The monoisotopic (exact) mass is 346 g/mol. The van der Waals surface area contributed by atoms with Crippen LogP contribution in [0, 0.1) is 6.92 Å². The molecular weight excluding hydrogens is 328 g/mol. The van der Waals surface area contributed by atoms with Gasteiger partial charge in [0.05, 0.1) is 17.0 Å². The third-order valence-corrected chi connectivity index (χ3v) is 4.08. The van der Waals surface area contributed by atoms with Gasteiger partial charge in [-0.25, -0.2) is 4.79 Å². The van der Waals surface area contributed by atoms with E-state index < -0.39 is 11.9 Å². The van der Waals surface area contributed by atoms with E-state index in [1.165, 1.54) is 0 Å². The van der Waals surface area contributed by atoms with Crippen LogP contribution in [0.2, 0.25) is 0 Å². The Morgan fingerprint density at radius 1 is 1.32 bits per heavy atom. The summed E-state index contributed by atoms with van der Waals surface area (Å²) in [5.41, 5.74) is 0.672. The van der Waals surface area contributed by atoms with Gasteiger partial charge in [0, 0.05) is 6.04 Å². The highest BCUT2D eigenvalue weighted by Gasteiger charge is 2.26. The maximum atomic E-state index is 12.2. The molecule has 0 aromatic carbocycles. The summed E-state index contributed by atoms with van der Waals surface area (Å²) in [6.07, 6.45) is 0. The summed E-state index contributed by atoms with van der Waals surface area (Å²) < 4.78 is 4.99. The Hall–Kier alpha value is -1.60. The van der Waals surface area contributed by atoms with Crippen LogP contribution in [0.25, 0.3) is 0 Å². The van der Waals surface area contributed by atoms with E-state index in [0.29, 0.717) is 10.4 Å². The third-order valence-electron chi connectivity index (χ3n) is 2.63. The Morgan fingerprint density at radius 3 is 2.45 bits per heavy atom. The number of ether oxygens (including phenoxy) is 1. The lowest BCUT2D eigenvalue weighted by Gasteiger charge is -2.07. The fourth-order valence-electron chi connectivity index (χ4n) is 1.75. The second-order valence-electron chi connectivity index (χ2n) is 4.79. The van der Waals surface area contributed by atoms with Gasteiger partial charge in [-0.05, 0) is 33.3 Å². The number of nitrogens with one attached hydrogen (secondary N) is 2. The fraction of sp³-hybridized carbons (Fsp3) is 0.500. The molecule has 0 atom stereocenters. The van der Waals surface area contributed by atoms with Crippen molar-refractivity contribution < 1.29 is 19.1 Å². The van der Waals surface area contributed by atoms with Crippen molar-refractivity contribution in [2.45, 2.75) is 33.7 Å². The standard InChI is InChI=1S/C14H19ClN2O4S/c1-5-21-14(20)10-8(4)11(12(19)16-7(2)3)22-13(10)17-9(18)6-15/h7H,5-6H2,1-4H3,(H,16,19)(H,17,18). The molecule has 6 nitrogen and oxygen atoms in total. The maximum Gasteiger partial charge on any atom is 0.341 e. The zero-order valence-electron chi connectivity index (χ0n) is 12.9. The Labute approximate surface area is 138 Å². The molecule has 1 aromatic heterocycles. The Balaban J connectivity index is 3.26. The van der Waals surface area contributed by atoms with Crippen LogP contribution in [0.3, 0.4) is 0 Å². The first-order chi connectivity index (χ1) is 10.3. The van der Waals surface area contributed by atoms with Gasteiger partial charge in [-0.15, -0.1) is 22.9 Å². The summed E-state index contributed by atoms with van der Waals surface area (Å²) in [6, 6.07) is -0.0408. The summed E-state index contributed by atoms with van der Waals surface area (Å²) in [5, 5.41) is 5.57. The van der Waals surface area contributed by atoms with E-state index in [9.17, 15) is 14.4 Å². The predicted octanol–water partition coefficient (Wildman–Crippen LogP) is 2.55. The highest BCUT2D eigenvalue weighted by molar-refractivity contribution is 7.18. The molecule has 122 valence electrons. The molecule has 0 aliphatic carbocycles. The summed E-state index contributed by atoms with van der Waals surface area (Å²) >= 11 is 6.50. The average Bonchev–Trinajstić information content (AvgIpc) is 2.75. The molecule has 0 unspecified atom stereocenters. The van der Waals surface area contributed by atoms with Crippen molar-refractivity contribution in [1.29, 1.82) is 0 Å². The molecule has 0 aliphatic rings. The van der Waals surface area contributed by atoms with Crippen LogP contribution in [0.5, 0.6) is 0 Å². The molecule has 0 saturated heterocycles. The van der Waals surface area contributed by atoms with E-state index in [-0.39, 0.29) is 35.0 Å². The van der Waals surface area contributed by atoms with E-state index >= 15 is 0 Å². The highest BCUT2D eigenvalue weighted by Crippen LogP contribution is 2.33. The molecule has 1 heterocycles. The number of carbonyl (C=O) groups is 3. The lowest BCUT2D eigenvalue weighted by atomic mass is 10.1. The van der Waals surface area contributed by atoms with E-state index in [0.717, 1.165) is 11.3 Å². The van der Waals surface area contributed by atoms with Crippen LogP contribution in [-0.4, -0.2) is 36.3 Å². The largest absolute Gasteiger partial charge is 0.462 e. The normalized spacial score (nSPS) is 10.5. The number of thiophene rings is 1. The zero-order valence-corrected chi connectivity index (χ0v) is 14.5. The van der Waals surface area contributed by atoms with E-state index in [1.807, 2.05) is 13.8 Å². The number of carbonyl (C=O) groups excluding carboxylic acids is 3. The topological polar surface area (TPSA) is 84.5 Å². The molecule has 8 heteroatoms. The minimum absolute atomic E-state index is 0.0408. The second-order valence-corrected chi connectivity index (χ2v) is 6.08. The maximum absolute atomic E-state index is 12.2. The molecule has 0 fully saturated rings. The molecule has 2 amide bonds. The minimum atomic E-state index is -0.579. The van der Waals surface area contributed by atoms with Crippen molar-refractivity contribution >= 4 is 45.7 Å². The first-order valence-electron chi connectivity index (χ1n) is 6.78. The average molecular weight is 347 g/mol. The Bertz CT molecular complexity index is 584. The van der Waals surface area contributed by atoms with Crippen molar-refractivity contribution in [3.05, 3.63) is 16.0 Å². The Kier molecular flexibility index (Phi) is 6.83. The lowest BCUT2D eigenvalue weighted by Crippen LogP contribution is -2.29. The van der Waals surface area contributed by atoms with Crippen molar-refractivity contribution in [2.75, 3.05) is 17.8 Å². The molecule has 0 spiro atoms. The molecule has 22 heavy (non-hydrogen) atoms. The second kappa shape index (κ2) is 8.14. The van der Waals surface area contributed by atoms with Crippen molar-refractivity contribution in [3.63, 3.8) is 0 Å². The van der Waals surface area contributed by atoms with Gasteiger partial charge in [0.1, 0.15) is 10.9 Å². The SMILES string of the molecule is CCOC(=O)c1c(NC(=O)CCl)sc(C(=O)NC(C)C)c1C. The van der Waals surface area contributed by atoms with Gasteiger partial charge in [0.15, 0.2) is 0 Å². The van der Waals surface area contributed by atoms with Gasteiger partial charge < -0.3 is 15.4 Å². The number of amides is 2. The highest BCUT2D eigenvalue weighted by atomic mass is 35.5. The molecule has 0 radical (unpaired) electrons. The predicted molar refractivity (Wildman–Crippen MR) is 87.0 cm³/mol. The van der Waals surface area contributed by atoms with Crippen LogP contribution < -0.4 is 10.6 Å². The Morgan fingerprint density at radius 2 is 1.95 bits per heavy atom. The molecular formula is C14H19ClN2O4S. The number of esters is 1. The number of halogens is 1. The van der Waals surface area contributed by atoms with Gasteiger partial charge in [0.25, 0.3) is 5.91 Å². The number of alkyl halides is 1. The number of rotatable bonds is 6. The molecule has 0 aliphatic heterocycles. The first kappa shape index (κ1) is 18.4. The number of hydrogen-bond acceptors (Lipinski definition) is 5. The lowest BCUT2D eigenvalue weighted by molar-refractivity contribution is -0.113. The van der Waals surface area contributed by atoms with Crippen molar-refractivity contribution in [1.82, 2.24) is 5.32 Å². The summed E-state index contributed by atoms with van der Waals surface area (Å²) in [7, 11) is 0. The quantitative estimate of drug-likeness (QED) is 0.612. The van der Waals surface area contributed by atoms with E-state index in [2.05, 4.69) is 10.6 Å². The molecule has 0 saturated carbocycles. The van der Waals surface area contributed by atoms with E-state index in [1.54, 1.807) is 13.8 Å². The van der Waals surface area contributed by atoms with E-state index in [4.69, 9.17) is 16.3 Å². The third kappa shape index (κ3) is 4.45. The zero-order chi connectivity index (χ0) is 16.9. The summed E-state index contributed by atoms with van der Waals surface area (Å²) in [6.45, 7) is 7.20. The molecule has 0 bridgehead atoms. The van der Waals surface area contributed by atoms with Crippen molar-refractivity contribution in [3.8, 4) is 0 Å². The van der Waals surface area contributed by atoms with Crippen LogP contribution >= 0.6 is 22.9 Å². The van der Waals surface area contributed by atoms with Crippen LogP contribution in [-0.2, 0) is 9.53 Å². The van der Waals surface area contributed by atoms with Gasteiger partial charge in [0.2, 0.25) is 5.91 Å². The van der Waals surface area contributed by atoms with Gasteiger partial charge in [-0.1, -0.05) is 0 Å². The van der Waals surface area contributed by atoms with Crippen LogP contribution in [0.4, 0.5) is 5.00 Å². The van der Waals surface area contributed by atoms with Gasteiger partial charge >= 0.3 is 5.97 Å².